The number of rotatable bonds is 3. The minimum Gasteiger partial charge on any atom is -0.462 e. The summed E-state index contributed by atoms with van der Waals surface area (Å²) >= 11 is 0. The maximum absolute atomic E-state index is 12.9. The lowest BCUT2D eigenvalue weighted by Crippen LogP contribution is -2.12. The quantitative estimate of drug-likeness (QED) is 0.574. The van der Waals surface area contributed by atoms with Crippen LogP contribution in [0.15, 0.2) is 22.7 Å². The van der Waals surface area contributed by atoms with Gasteiger partial charge in [0.05, 0.1) is 17.7 Å². The molecule has 1 heterocycles. The molecule has 0 fully saturated rings. The summed E-state index contributed by atoms with van der Waals surface area (Å²) in [6.45, 7) is 2.74. The molecule has 25 heavy (non-hydrogen) atoms. The second-order valence-electron chi connectivity index (χ2n) is 4.98. The van der Waals surface area contributed by atoms with Gasteiger partial charge in [0.2, 0.25) is 0 Å². The van der Waals surface area contributed by atoms with Crippen molar-refractivity contribution in [1.82, 2.24) is 5.16 Å². The molecule has 2 rings (SSSR count). The molecule has 1 aromatic carbocycles. The lowest BCUT2D eigenvalue weighted by atomic mass is 10.00. The normalized spacial score (nSPS) is 12.3. The Labute approximate surface area is 137 Å². The summed E-state index contributed by atoms with van der Waals surface area (Å²) in [5, 5.41) is 3.43. The number of benzene rings is 1. The van der Waals surface area contributed by atoms with Crippen molar-refractivity contribution in [1.29, 1.82) is 0 Å². The van der Waals surface area contributed by atoms with E-state index in [1.807, 2.05) is 0 Å². The van der Waals surface area contributed by atoms with Crippen LogP contribution >= 0.6 is 0 Å². The minimum absolute atomic E-state index is 0.0134. The average Bonchev–Trinajstić information content (AvgIpc) is 2.87. The van der Waals surface area contributed by atoms with Gasteiger partial charge in [0.1, 0.15) is 17.0 Å². The number of hydrogen-bond donors (Lipinski definition) is 0. The second-order valence-corrected chi connectivity index (χ2v) is 4.98. The van der Waals surface area contributed by atoms with E-state index in [0.717, 1.165) is 0 Å². The fourth-order valence-corrected chi connectivity index (χ4v) is 2.10. The molecule has 0 spiro atoms. The Morgan fingerprint density at radius 3 is 2.04 bits per heavy atom. The minimum atomic E-state index is -5.01. The third kappa shape index (κ3) is 3.94. The predicted molar refractivity (Wildman–Crippen MR) is 72.6 cm³/mol. The SMILES string of the molecule is CCOC(=O)c1c(-c2cc(C(F)(F)F)cc(C(F)(F)F)c2)noc1C. The number of hydrogen-bond acceptors (Lipinski definition) is 4. The van der Waals surface area contributed by atoms with Crippen LogP contribution in [0.5, 0.6) is 0 Å². The van der Waals surface area contributed by atoms with Crippen LogP contribution in [0.3, 0.4) is 0 Å². The Morgan fingerprint density at radius 1 is 1.08 bits per heavy atom. The molecule has 0 amide bonds. The maximum atomic E-state index is 12.9. The summed E-state index contributed by atoms with van der Waals surface area (Å²) < 4.78 is 87.1. The molecular weight excluding hydrogens is 356 g/mol. The summed E-state index contributed by atoms with van der Waals surface area (Å²) in [6.07, 6.45) is -10.0. The molecule has 4 nitrogen and oxygen atoms in total. The van der Waals surface area contributed by atoms with Crippen LogP contribution in [-0.2, 0) is 17.1 Å². The van der Waals surface area contributed by atoms with Crippen molar-refractivity contribution in [3.63, 3.8) is 0 Å². The molecule has 0 aliphatic rings. The van der Waals surface area contributed by atoms with Crippen LogP contribution < -0.4 is 0 Å². The van der Waals surface area contributed by atoms with Crippen molar-refractivity contribution in [3.05, 3.63) is 40.6 Å². The number of ether oxygens (including phenoxy) is 1. The van der Waals surface area contributed by atoms with Gasteiger partial charge in [-0.05, 0) is 32.0 Å². The monoisotopic (exact) mass is 367 g/mol. The Morgan fingerprint density at radius 2 is 1.60 bits per heavy atom. The molecule has 0 bridgehead atoms. The standard InChI is InChI=1S/C15H11F6NO3/c1-3-24-13(23)11-7(2)25-22-12(11)8-4-9(14(16,17)18)6-10(5-8)15(19,20)21/h4-6H,3H2,1-2H3. The van der Waals surface area contributed by atoms with Crippen molar-refractivity contribution < 1.29 is 40.4 Å². The fourth-order valence-electron chi connectivity index (χ4n) is 2.10. The summed E-state index contributed by atoms with van der Waals surface area (Å²) in [5.41, 5.74) is -4.37. The van der Waals surface area contributed by atoms with Gasteiger partial charge in [0.25, 0.3) is 0 Å². The van der Waals surface area contributed by atoms with Crippen LogP contribution in [0, 0.1) is 6.92 Å². The van der Waals surface area contributed by atoms with Gasteiger partial charge in [-0.25, -0.2) is 4.79 Å². The van der Waals surface area contributed by atoms with E-state index in [9.17, 15) is 31.1 Å². The first-order valence-corrected chi connectivity index (χ1v) is 6.88. The first-order chi connectivity index (χ1) is 11.4. The maximum Gasteiger partial charge on any atom is 0.416 e. The van der Waals surface area contributed by atoms with Crippen LogP contribution in [0.2, 0.25) is 0 Å². The van der Waals surface area contributed by atoms with Gasteiger partial charge in [0.15, 0.2) is 0 Å². The lowest BCUT2D eigenvalue weighted by Gasteiger charge is -2.13. The molecular formula is C15H11F6NO3. The molecule has 0 aliphatic carbocycles. The number of nitrogens with zero attached hydrogens (tertiary/aromatic N) is 1. The number of aryl methyl sites for hydroxylation is 1. The average molecular weight is 367 g/mol. The summed E-state index contributed by atoms with van der Waals surface area (Å²) in [4.78, 5) is 11.9. The van der Waals surface area contributed by atoms with Crippen LogP contribution in [-0.4, -0.2) is 17.7 Å². The summed E-state index contributed by atoms with van der Waals surface area (Å²) in [7, 11) is 0. The van der Waals surface area contributed by atoms with Crippen molar-refractivity contribution in [2.45, 2.75) is 26.2 Å². The van der Waals surface area contributed by atoms with E-state index in [-0.39, 0.29) is 24.0 Å². The van der Waals surface area contributed by atoms with Crippen LogP contribution in [0.4, 0.5) is 26.3 Å². The lowest BCUT2D eigenvalue weighted by molar-refractivity contribution is -0.143. The zero-order valence-electron chi connectivity index (χ0n) is 12.9. The van der Waals surface area contributed by atoms with Gasteiger partial charge in [-0.2, -0.15) is 26.3 Å². The van der Waals surface area contributed by atoms with Crippen LogP contribution in [0.25, 0.3) is 11.3 Å². The van der Waals surface area contributed by atoms with Crippen molar-refractivity contribution in [2.75, 3.05) is 6.61 Å². The Bertz CT molecular complexity index is 759. The molecule has 0 atom stereocenters. The van der Waals surface area contributed by atoms with E-state index >= 15 is 0 Å². The van der Waals surface area contributed by atoms with E-state index in [1.165, 1.54) is 13.8 Å². The highest BCUT2D eigenvalue weighted by Gasteiger charge is 2.38. The Hall–Kier alpha value is -2.52. The van der Waals surface area contributed by atoms with Crippen molar-refractivity contribution in [3.8, 4) is 11.3 Å². The number of aromatic nitrogens is 1. The first-order valence-electron chi connectivity index (χ1n) is 6.88. The van der Waals surface area contributed by atoms with E-state index in [2.05, 4.69) is 5.16 Å². The molecule has 2 aromatic rings. The first kappa shape index (κ1) is 18.8. The molecule has 0 saturated carbocycles. The van der Waals surface area contributed by atoms with Crippen molar-refractivity contribution >= 4 is 5.97 Å². The topological polar surface area (TPSA) is 52.3 Å². The number of halogens is 6. The van der Waals surface area contributed by atoms with Gasteiger partial charge in [-0.15, -0.1) is 0 Å². The third-order valence-electron chi connectivity index (χ3n) is 3.20. The van der Waals surface area contributed by atoms with Gasteiger partial charge < -0.3 is 9.26 Å². The van der Waals surface area contributed by atoms with E-state index in [4.69, 9.17) is 9.26 Å². The molecule has 1 aromatic heterocycles. The molecule has 0 aliphatic heterocycles. The van der Waals surface area contributed by atoms with Gasteiger partial charge >= 0.3 is 18.3 Å². The molecule has 10 heteroatoms. The number of carbonyl (C=O) groups excluding carboxylic acids is 1. The number of carbonyl (C=O) groups is 1. The van der Waals surface area contributed by atoms with E-state index < -0.39 is 40.7 Å². The third-order valence-corrected chi connectivity index (χ3v) is 3.20. The molecule has 0 saturated heterocycles. The smallest absolute Gasteiger partial charge is 0.416 e. The fraction of sp³-hybridized carbons (Fsp3) is 0.333. The highest BCUT2D eigenvalue weighted by molar-refractivity contribution is 5.97. The largest absolute Gasteiger partial charge is 0.462 e. The molecule has 136 valence electrons. The molecule has 0 unspecified atom stereocenters. The van der Waals surface area contributed by atoms with Crippen molar-refractivity contribution in [2.24, 2.45) is 0 Å². The number of alkyl halides is 6. The predicted octanol–water partition coefficient (Wildman–Crippen LogP) is 4.86. The highest BCUT2D eigenvalue weighted by atomic mass is 19.4. The summed E-state index contributed by atoms with van der Waals surface area (Å²) in [6, 6.07) is 0.922. The van der Waals surface area contributed by atoms with Gasteiger partial charge in [0, 0.05) is 5.56 Å². The van der Waals surface area contributed by atoms with E-state index in [1.54, 1.807) is 0 Å². The molecule has 0 N–H and O–H groups in total. The Kier molecular flexibility index (Phi) is 4.83. The van der Waals surface area contributed by atoms with Gasteiger partial charge in [-0.1, -0.05) is 5.16 Å². The van der Waals surface area contributed by atoms with Gasteiger partial charge in [-0.3, -0.25) is 0 Å². The zero-order chi connectivity index (χ0) is 19.0. The Balaban J connectivity index is 2.70. The summed E-state index contributed by atoms with van der Waals surface area (Å²) in [5.74, 6) is -1.04. The number of esters is 1. The highest BCUT2D eigenvalue weighted by Crippen LogP contribution is 2.39. The molecule has 0 radical (unpaired) electrons. The van der Waals surface area contributed by atoms with E-state index in [0.29, 0.717) is 12.1 Å². The second kappa shape index (κ2) is 6.41. The zero-order valence-corrected chi connectivity index (χ0v) is 12.9. The van der Waals surface area contributed by atoms with Crippen LogP contribution in [0.1, 0.15) is 34.2 Å².